The Morgan fingerprint density at radius 3 is 2.37 bits per heavy atom. The number of piperazine rings is 1. The Bertz CT molecular complexity index is 788. The van der Waals surface area contributed by atoms with Crippen LogP contribution in [0.25, 0.3) is 0 Å². The summed E-state index contributed by atoms with van der Waals surface area (Å²) in [5.41, 5.74) is -1.04. The van der Waals surface area contributed by atoms with Crippen LogP contribution in [0.2, 0.25) is 0 Å². The number of hydrogen-bond donors (Lipinski definition) is 0. The lowest BCUT2D eigenvalue weighted by atomic mass is 9.99. The van der Waals surface area contributed by atoms with Gasteiger partial charge in [0.25, 0.3) is 0 Å². The van der Waals surface area contributed by atoms with Crippen LogP contribution in [0.1, 0.15) is 52.7 Å². The summed E-state index contributed by atoms with van der Waals surface area (Å²) in [5, 5.41) is 0. The van der Waals surface area contributed by atoms with Crippen LogP contribution in [-0.4, -0.2) is 53.0 Å². The molecule has 1 aromatic heterocycles. The van der Waals surface area contributed by atoms with Crippen molar-refractivity contribution in [3.05, 3.63) is 23.4 Å². The first-order valence-electron chi connectivity index (χ1n) is 10.00. The predicted molar refractivity (Wildman–Crippen MR) is 107 cm³/mol. The van der Waals surface area contributed by atoms with E-state index in [-0.39, 0.29) is 31.3 Å². The molecule has 0 aliphatic carbocycles. The molecule has 9 heteroatoms. The summed E-state index contributed by atoms with van der Waals surface area (Å²) < 4.78 is 45.0. The molecular weight excluding hydrogens is 399 g/mol. The molecule has 1 saturated heterocycles. The van der Waals surface area contributed by atoms with Gasteiger partial charge in [-0.3, -0.25) is 4.79 Å². The highest BCUT2D eigenvalue weighted by molar-refractivity contribution is 5.86. The van der Waals surface area contributed by atoms with Gasteiger partial charge in [0.2, 0.25) is 0 Å². The maximum atomic E-state index is 13.2. The van der Waals surface area contributed by atoms with Crippen molar-refractivity contribution >= 4 is 17.7 Å². The molecule has 0 aromatic carbocycles. The fourth-order valence-electron chi connectivity index (χ4n) is 3.38. The van der Waals surface area contributed by atoms with Crippen LogP contribution in [0.4, 0.5) is 23.8 Å². The van der Waals surface area contributed by atoms with Crippen molar-refractivity contribution in [2.45, 2.75) is 65.8 Å². The quantitative estimate of drug-likeness (QED) is 0.714. The number of rotatable bonds is 4. The lowest BCUT2D eigenvalue weighted by Crippen LogP contribution is -2.58. The van der Waals surface area contributed by atoms with Gasteiger partial charge in [0.1, 0.15) is 17.5 Å². The molecule has 0 N–H and O–H groups in total. The SMILES string of the molecule is CC(=O)C1CN(C(=O)OC(C)(C)C)CCN1c1ncc(C(F)(F)F)cc1CC(C)C. The number of aromatic nitrogens is 1. The molecule has 1 aromatic rings. The Hall–Kier alpha value is -2.32. The topological polar surface area (TPSA) is 62.7 Å². The number of ether oxygens (including phenoxy) is 1. The number of nitrogens with zero attached hydrogens (tertiary/aromatic N) is 3. The zero-order valence-corrected chi connectivity index (χ0v) is 18.3. The summed E-state index contributed by atoms with van der Waals surface area (Å²) >= 11 is 0. The molecule has 168 valence electrons. The molecular formula is C21H30F3N3O3. The first-order chi connectivity index (χ1) is 13.7. The molecule has 1 atom stereocenters. The van der Waals surface area contributed by atoms with E-state index in [4.69, 9.17) is 4.74 Å². The average molecular weight is 429 g/mol. The Kier molecular flexibility index (Phi) is 7.04. The van der Waals surface area contributed by atoms with Gasteiger partial charge in [0.15, 0.2) is 5.78 Å². The first kappa shape index (κ1) is 24.0. The first-order valence-corrected chi connectivity index (χ1v) is 10.00. The monoisotopic (exact) mass is 429 g/mol. The van der Waals surface area contributed by atoms with E-state index in [0.717, 1.165) is 12.3 Å². The number of hydrogen-bond acceptors (Lipinski definition) is 5. The fourth-order valence-corrected chi connectivity index (χ4v) is 3.38. The van der Waals surface area contributed by atoms with E-state index in [2.05, 4.69) is 4.98 Å². The highest BCUT2D eigenvalue weighted by Crippen LogP contribution is 2.33. The smallest absolute Gasteiger partial charge is 0.417 e. The van der Waals surface area contributed by atoms with Crippen molar-refractivity contribution in [1.29, 1.82) is 0 Å². The molecule has 1 amide bonds. The third kappa shape index (κ3) is 6.09. The second-order valence-electron chi connectivity index (χ2n) is 9.05. The second-order valence-corrected chi connectivity index (χ2v) is 9.05. The Labute approximate surface area is 175 Å². The zero-order chi connectivity index (χ0) is 22.9. The number of carbonyl (C=O) groups excluding carboxylic acids is 2. The summed E-state index contributed by atoms with van der Waals surface area (Å²) in [4.78, 5) is 32.1. The van der Waals surface area contributed by atoms with Gasteiger partial charge in [0, 0.05) is 19.3 Å². The molecule has 6 nitrogen and oxygen atoms in total. The second kappa shape index (κ2) is 8.81. The van der Waals surface area contributed by atoms with Crippen molar-refractivity contribution < 1.29 is 27.5 Å². The molecule has 1 unspecified atom stereocenters. The number of pyridine rings is 1. The number of amides is 1. The van der Waals surface area contributed by atoms with Crippen LogP contribution in [0.15, 0.2) is 12.3 Å². The maximum absolute atomic E-state index is 13.2. The number of ketones is 1. The lowest BCUT2D eigenvalue weighted by Gasteiger charge is -2.41. The molecule has 0 radical (unpaired) electrons. The van der Waals surface area contributed by atoms with E-state index in [0.29, 0.717) is 17.8 Å². The number of carbonyl (C=O) groups is 2. The van der Waals surface area contributed by atoms with Gasteiger partial charge in [-0.05, 0) is 51.7 Å². The van der Waals surface area contributed by atoms with Crippen LogP contribution in [-0.2, 0) is 22.1 Å². The average Bonchev–Trinajstić information content (AvgIpc) is 2.58. The Morgan fingerprint density at radius 1 is 1.23 bits per heavy atom. The number of halogens is 3. The third-order valence-electron chi connectivity index (χ3n) is 4.67. The molecule has 1 fully saturated rings. The van der Waals surface area contributed by atoms with E-state index >= 15 is 0 Å². The van der Waals surface area contributed by atoms with Crippen molar-refractivity contribution in [3.8, 4) is 0 Å². The molecule has 1 aliphatic heterocycles. The van der Waals surface area contributed by atoms with Gasteiger partial charge in [-0.25, -0.2) is 9.78 Å². The highest BCUT2D eigenvalue weighted by Gasteiger charge is 2.37. The van der Waals surface area contributed by atoms with Crippen LogP contribution in [0.3, 0.4) is 0 Å². The molecule has 1 aliphatic rings. The van der Waals surface area contributed by atoms with Crippen molar-refractivity contribution in [3.63, 3.8) is 0 Å². The third-order valence-corrected chi connectivity index (χ3v) is 4.67. The van der Waals surface area contributed by atoms with E-state index in [9.17, 15) is 22.8 Å². The minimum absolute atomic E-state index is 0.0913. The zero-order valence-electron chi connectivity index (χ0n) is 18.3. The lowest BCUT2D eigenvalue weighted by molar-refractivity contribution is -0.137. The molecule has 2 rings (SSSR count). The van der Waals surface area contributed by atoms with E-state index in [1.54, 1.807) is 25.7 Å². The highest BCUT2D eigenvalue weighted by atomic mass is 19.4. The predicted octanol–water partition coefficient (Wildman–Crippen LogP) is 4.31. The van der Waals surface area contributed by atoms with Crippen LogP contribution < -0.4 is 4.90 Å². The molecule has 30 heavy (non-hydrogen) atoms. The van der Waals surface area contributed by atoms with Gasteiger partial charge in [0.05, 0.1) is 12.1 Å². The van der Waals surface area contributed by atoms with Gasteiger partial charge >= 0.3 is 12.3 Å². The molecule has 0 saturated carbocycles. The minimum atomic E-state index is -4.49. The summed E-state index contributed by atoms with van der Waals surface area (Å²) in [6.45, 7) is 11.1. The molecule has 2 heterocycles. The number of anilines is 1. The maximum Gasteiger partial charge on any atom is 0.417 e. The largest absolute Gasteiger partial charge is 0.444 e. The van der Waals surface area contributed by atoms with Crippen LogP contribution >= 0.6 is 0 Å². The summed E-state index contributed by atoms with van der Waals surface area (Å²) in [6.07, 6.45) is -3.82. The Balaban J connectivity index is 2.36. The molecule has 0 spiro atoms. The van der Waals surface area contributed by atoms with E-state index < -0.39 is 29.5 Å². The number of Topliss-reactive ketones (excluding diaryl/α,β-unsaturated/α-hetero) is 1. The standard InChI is InChI=1S/C21H30F3N3O3/c1-13(2)9-15-10-16(21(22,23)24)11-25-18(15)27-8-7-26(12-17(27)14(3)28)19(29)30-20(4,5)6/h10-11,13,17H,7-9,12H2,1-6H3. The fraction of sp³-hybridized carbons (Fsp3) is 0.667. The van der Waals surface area contributed by atoms with E-state index in [1.165, 1.54) is 11.8 Å². The molecule has 0 bridgehead atoms. The Morgan fingerprint density at radius 2 is 1.87 bits per heavy atom. The number of alkyl halides is 3. The van der Waals surface area contributed by atoms with Crippen molar-refractivity contribution in [1.82, 2.24) is 9.88 Å². The van der Waals surface area contributed by atoms with Gasteiger partial charge < -0.3 is 14.5 Å². The summed E-state index contributed by atoms with van der Waals surface area (Å²) in [7, 11) is 0. The minimum Gasteiger partial charge on any atom is -0.444 e. The van der Waals surface area contributed by atoms with Gasteiger partial charge in [-0.2, -0.15) is 13.2 Å². The van der Waals surface area contributed by atoms with Crippen molar-refractivity contribution in [2.75, 3.05) is 24.5 Å². The normalized spacial score (nSPS) is 18.0. The van der Waals surface area contributed by atoms with Crippen LogP contribution in [0, 0.1) is 5.92 Å². The summed E-state index contributed by atoms with van der Waals surface area (Å²) in [5.74, 6) is 0.272. The van der Waals surface area contributed by atoms with E-state index in [1.807, 2.05) is 13.8 Å². The van der Waals surface area contributed by atoms with Crippen molar-refractivity contribution in [2.24, 2.45) is 5.92 Å². The van der Waals surface area contributed by atoms with Gasteiger partial charge in [-0.1, -0.05) is 13.8 Å². The van der Waals surface area contributed by atoms with Crippen LogP contribution in [0.5, 0.6) is 0 Å². The summed E-state index contributed by atoms with van der Waals surface area (Å²) in [6, 6.07) is 0.404. The van der Waals surface area contributed by atoms with Gasteiger partial charge in [-0.15, -0.1) is 0 Å².